The molecule has 0 radical (unpaired) electrons. The van der Waals surface area contributed by atoms with Crippen molar-refractivity contribution < 1.29 is 24.2 Å². The first-order chi connectivity index (χ1) is 14.9. The number of carbonyl (C=O) groups is 2. The topological polar surface area (TPSA) is 88.2 Å². The highest BCUT2D eigenvalue weighted by atomic mass is 16.6. The minimum absolute atomic E-state index is 0.121. The summed E-state index contributed by atoms with van der Waals surface area (Å²) in [6, 6.07) is 0. The molecule has 0 aromatic rings. The maximum absolute atomic E-state index is 12.0. The molecule has 2 rings (SSSR count). The van der Waals surface area contributed by atoms with Crippen LogP contribution in [0.3, 0.4) is 0 Å². The van der Waals surface area contributed by atoms with Crippen molar-refractivity contribution in [2.45, 2.75) is 109 Å². The standard InChI is InChI=1S/C25H39NO5/c1-4-6-7-8-9-12-15-21-22(30-21)16-13-10-11-14-19(27)17-23(28)26-20-18-25(3,5-2)31-24(20)29/h10-11,13-14,18-19,21-22,27H,4-9,12,15-17H2,1-3H3,(H,26,28)/t19-,21+,22-,25-/m0/s1. The summed E-state index contributed by atoms with van der Waals surface area (Å²) in [5, 5.41) is 12.5. The largest absolute Gasteiger partial charge is 0.450 e. The lowest BCUT2D eigenvalue weighted by Gasteiger charge is -2.17. The number of ether oxygens (including phenoxy) is 2. The Morgan fingerprint density at radius 3 is 2.65 bits per heavy atom. The highest BCUT2D eigenvalue weighted by Crippen LogP contribution is 2.30. The molecule has 0 spiro atoms. The minimum atomic E-state index is -0.919. The number of aliphatic hydroxyl groups is 1. The van der Waals surface area contributed by atoms with Crippen LogP contribution in [-0.4, -0.2) is 40.9 Å². The summed E-state index contributed by atoms with van der Waals surface area (Å²) in [6.07, 6.45) is 19.0. The van der Waals surface area contributed by atoms with Gasteiger partial charge in [0.2, 0.25) is 5.91 Å². The molecular weight excluding hydrogens is 394 g/mol. The number of allylic oxidation sites excluding steroid dienone is 2. The maximum atomic E-state index is 12.0. The number of unbranched alkanes of at least 4 members (excludes halogenated alkanes) is 5. The van der Waals surface area contributed by atoms with Crippen LogP contribution in [0.25, 0.3) is 0 Å². The van der Waals surface area contributed by atoms with Crippen LogP contribution in [0, 0.1) is 0 Å². The molecule has 31 heavy (non-hydrogen) atoms. The number of esters is 1. The van der Waals surface area contributed by atoms with Crippen molar-refractivity contribution in [2.24, 2.45) is 0 Å². The number of rotatable bonds is 15. The molecule has 2 aliphatic heterocycles. The number of carbonyl (C=O) groups excluding carboxylic acids is 2. The summed E-state index contributed by atoms with van der Waals surface area (Å²) in [6.45, 7) is 5.93. The average Bonchev–Trinajstić information content (AvgIpc) is 3.40. The summed E-state index contributed by atoms with van der Waals surface area (Å²) in [7, 11) is 0. The van der Waals surface area contributed by atoms with E-state index >= 15 is 0 Å². The fourth-order valence-electron chi connectivity index (χ4n) is 3.63. The van der Waals surface area contributed by atoms with Crippen LogP contribution in [0.15, 0.2) is 36.1 Å². The quantitative estimate of drug-likeness (QED) is 0.172. The van der Waals surface area contributed by atoms with Crippen molar-refractivity contribution in [1.29, 1.82) is 0 Å². The zero-order valence-electron chi connectivity index (χ0n) is 19.3. The zero-order chi connectivity index (χ0) is 22.7. The highest BCUT2D eigenvalue weighted by Gasteiger charge is 2.36. The Balaban J connectivity index is 1.56. The van der Waals surface area contributed by atoms with Gasteiger partial charge in [0.25, 0.3) is 0 Å². The number of nitrogens with one attached hydrogen (secondary N) is 1. The van der Waals surface area contributed by atoms with Gasteiger partial charge in [-0.05, 0) is 32.3 Å². The van der Waals surface area contributed by atoms with Gasteiger partial charge in [0.05, 0.1) is 24.7 Å². The molecule has 0 unspecified atom stereocenters. The first-order valence-corrected chi connectivity index (χ1v) is 11.8. The molecule has 6 nitrogen and oxygen atoms in total. The van der Waals surface area contributed by atoms with Gasteiger partial charge in [-0.3, -0.25) is 4.79 Å². The van der Waals surface area contributed by atoms with Gasteiger partial charge in [0.15, 0.2) is 0 Å². The van der Waals surface area contributed by atoms with Crippen molar-refractivity contribution >= 4 is 11.9 Å². The Labute approximate surface area is 186 Å². The first-order valence-electron chi connectivity index (χ1n) is 11.8. The van der Waals surface area contributed by atoms with Crippen LogP contribution in [0.2, 0.25) is 0 Å². The Morgan fingerprint density at radius 2 is 1.94 bits per heavy atom. The highest BCUT2D eigenvalue weighted by molar-refractivity contribution is 5.96. The fourth-order valence-corrected chi connectivity index (χ4v) is 3.63. The van der Waals surface area contributed by atoms with Crippen molar-refractivity contribution in [1.82, 2.24) is 5.32 Å². The van der Waals surface area contributed by atoms with E-state index in [4.69, 9.17) is 9.47 Å². The van der Waals surface area contributed by atoms with E-state index in [-0.39, 0.29) is 12.1 Å². The van der Waals surface area contributed by atoms with E-state index in [0.29, 0.717) is 18.6 Å². The van der Waals surface area contributed by atoms with E-state index in [1.807, 2.05) is 19.1 Å². The molecule has 2 heterocycles. The molecule has 0 aromatic carbocycles. The van der Waals surface area contributed by atoms with Gasteiger partial charge >= 0.3 is 5.97 Å². The Hall–Kier alpha value is -1.92. The predicted molar refractivity (Wildman–Crippen MR) is 121 cm³/mol. The summed E-state index contributed by atoms with van der Waals surface area (Å²) in [5.74, 6) is -0.962. The SMILES string of the molecule is CCCCCCCC[C@H]1O[C@H]1CC=CC=C[C@H](O)CC(=O)NC1=C[C@](C)(CC)OC1=O. The molecule has 2 aliphatic rings. The van der Waals surface area contributed by atoms with Crippen LogP contribution < -0.4 is 5.32 Å². The number of cyclic esters (lactones) is 1. The summed E-state index contributed by atoms with van der Waals surface area (Å²) in [4.78, 5) is 23.9. The first kappa shape index (κ1) is 25.3. The van der Waals surface area contributed by atoms with Crippen LogP contribution in [0.1, 0.15) is 85.0 Å². The van der Waals surface area contributed by atoms with Gasteiger partial charge < -0.3 is 19.9 Å². The Morgan fingerprint density at radius 1 is 1.19 bits per heavy atom. The van der Waals surface area contributed by atoms with Gasteiger partial charge in [0, 0.05) is 0 Å². The second-order valence-electron chi connectivity index (χ2n) is 8.75. The lowest BCUT2D eigenvalue weighted by atomic mass is 10.0. The lowest BCUT2D eigenvalue weighted by Crippen LogP contribution is -2.28. The predicted octanol–water partition coefficient (Wildman–Crippen LogP) is 4.48. The summed E-state index contributed by atoms with van der Waals surface area (Å²) in [5.41, 5.74) is -0.535. The van der Waals surface area contributed by atoms with E-state index in [2.05, 4.69) is 12.2 Å². The minimum Gasteiger partial charge on any atom is -0.450 e. The number of aliphatic hydroxyl groups excluding tert-OH is 1. The molecule has 0 aromatic heterocycles. The monoisotopic (exact) mass is 433 g/mol. The molecule has 174 valence electrons. The molecule has 1 fully saturated rings. The molecule has 1 saturated heterocycles. The van der Waals surface area contributed by atoms with Crippen LogP contribution in [0.4, 0.5) is 0 Å². The van der Waals surface area contributed by atoms with Gasteiger partial charge in [-0.25, -0.2) is 4.79 Å². The van der Waals surface area contributed by atoms with Gasteiger partial charge in [-0.2, -0.15) is 0 Å². The van der Waals surface area contributed by atoms with E-state index < -0.39 is 23.6 Å². The fraction of sp³-hybridized carbons (Fsp3) is 0.680. The van der Waals surface area contributed by atoms with Crippen LogP contribution >= 0.6 is 0 Å². The molecule has 1 amide bonds. The molecule has 2 N–H and O–H groups in total. The van der Waals surface area contributed by atoms with E-state index in [0.717, 1.165) is 12.8 Å². The van der Waals surface area contributed by atoms with Crippen molar-refractivity contribution in [3.05, 3.63) is 36.1 Å². The van der Waals surface area contributed by atoms with Crippen molar-refractivity contribution in [3.63, 3.8) is 0 Å². The van der Waals surface area contributed by atoms with Gasteiger partial charge in [-0.1, -0.05) is 76.7 Å². The Bertz CT molecular complexity index is 683. The van der Waals surface area contributed by atoms with E-state index in [1.165, 1.54) is 38.5 Å². The molecule has 0 aliphatic carbocycles. The van der Waals surface area contributed by atoms with Gasteiger partial charge in [-0.15, -0.1) is 0 Å². The summed E-state index contributed by atoms with van der Waals surface area (Å²) >= 11 is 0. The number of epoxide rings is 1. The van der Waals surface area contributed by atoms with Crippen molar-refractivity contribution in [3.8, 4) is 0 Å². The van der Waals surface area contributed by atoms with Crippen LogP contribution in [-0.2, 0) is 19.1 Å². The third-order valence-electron chi connectivity index (χ3n) is 5.84. The smallest absolute Gasteiger partial charge is 0.355 e. The third-order valence-corrected chi connectivity index (χ3v) is 5.84. The van der Waals surface area contributed by atoms with E-state index in [9.17, 15) is 14.7 Å². The molecular formula is C25H39NO5. The van der Waals surface area contributed by atoms with Crippen LogP contribution in [0.5, 0.6) is 0 Å². The maximum Gasteiger partial charge on any atom is 0.355 e. The normalized spacial score (nSPS) is 26.3. The number of hydrogen-bond acceptors (Lipinski definition) is 5. The van der Waals surface area contributed by atoms with Gasteiger partial charge in [0.1, 0.15) is 11.3 Å². The second kappa shape index (κ2) is 12.8. The summed E-state index contributed by atoms with van der Waals surface area (Å²) < 4.78 is 10.9. The lowest BCUT2D eigenvalue weighted by molar-refractivity contribution is -0.146. The zero-order valence-corrected chi connectivity index (χ0v) is 19.3. The molecule has 4 atom stereocenters. The van der Waals surface area contributed by atoms with E-state index in [1.54, 1.807) is 25.2 Å². The van der Waals surface area contributed by atoms with Crippen molar-refractivity contribution in [2.75, 3.05) is 0 Å². The Kier molecular flexibility index (Phi) is 10.5. The second-order valence-corrected chi connectivity index (χ2v) is 8.75. The molecule has 0 bridgehead atoms. The number of hydrogen-bond donors (Lipinski definition) is 2. The molecule has 6 heteroatoms. The number of amides is 1. The average molecular weight is 434 g/mol. The third kappa shape index (κ3) is 9.40. The molecule has 0 saturated carbocycles.